The van der Waals surface area contributed by atoms with Gasteiger partial charge in [0.25, 0.3) is 5.89 Å². The fraction of sp³-hybridized carbons (Fsp3) is 0.111. The lowest BCUT2D eigenvalue weighted by atomic mass is 10.2. The van der Waals surface area contributed by atoms with E-state index in [-0.39, 0.29) is 11.9 Å². The summed E-state index contributed by atoms with van der Waals surface area (Å²) in [6.07, 6.45) is 0. The van der Waals surface area contributed by atoms with Crippen LogP contribution in [-0.2, 0) is 0 Å². The first kappa shape index (κ1) is 9.32. The van der Waals surface area contributed by atoms with E-state index in [1.54, 1.807) is 25.3 Å². The van der Waals surface area contributed by atoms with Crippen molar-refractivity contribution >= 4 is 11.7 Å². The van der Waals surface area contributed by atoms with Crippen molar-refractivity contribution in [1.29, 1.82) is 0 Å². The van der Waals surface area contributed by atoms with Gasteiger partial charge in [0.05, 0.1) is 12.7 Å². The molecule has 1 aromatic heterocycles. The van der Waals surface area contributed by atoms with E-state index in [1.807, 2.05) is 0 Å². The molecule has 0 atom stereocenters. The largest absolute Gasteiger partial charge is 0.496 e. The Bertz CT molecular complexity index is 481. The Kier molecular flexibility index (Phi) is 2.17. The molecule has 1 heterocycles. The number of hydrogen-bond acceptors (Lipinski definition) is 6. The van der Waals surface area contributed by atoms with Gasteiger partial charge in [-0.1, -0.05) is 5.10 Å². The van der Waals surface area contributed by atoms with Gasteiger partial charge >= 0.3 is 6.01 Å². The van der Waals surface area contributed by atoms with Gasteiger partial charge in [0.2, 0.25) is 0 Å². The number of nitrogens with two attached hydrogens (primary N) is 2. The summed E-state index contributed by atoms with van der Waals surface area (Å²) in [5.74, 6) is 0.893. The van der Waals surface area contributed by atoms with E-state index in [2.05, 4.69) is 10.2 Å². The number of nitrogens with zero attached hydrogens (tertiary/aromatic N) is 2. The molecule has 4 N–H and O–H groups in total. The highest BCUT2D eigenvalue weighted by Crippen LogP contribution is 2.30. The molecule has 0 aliphatic heterocycles. The summed E-state index contributed by atoms with van der Waals surface area (Å²) in [5, 5.41) is 7.32. The van der Waals surface area contributed by atoms with Gasteiger partial charge < -0.3 is 20.6 Å². The molecule has 0 aliphatic rings. The van der Waals surface area contributed by atoms with E-state index in [0.717, 1.165) is 0 Å². The lowest BCUT2D eigenvalue weighted by molar-refractivity contribution is 0.414. The maximum Gasteiger partial charge on any atom is 0.313 e. The Morgan fingerprint density at radius 1 is 1.27 bits per heavy atom. The third-order valence-corrected chi connectivity index (χ3v) is 1.89. The van der Waals surface area contributed by atoms with E-state index in [0.29, 0.717) is 17.0 Å². The van der Waals surface area contributed by atoms with Gasteiger partial charge in [0.15, 0.2) is 0 Å². The predicted molar refractivity (Wildman–Crippen MR) is 55.1 cm³/mol. The number of aromatic nitrogens is 2. The molecule has 78 valence electrons. The topological polar surface area (TPSA) is 100 Å². The Morgan fingerprint density at radius 2 is 2.07 bits per heavy atom. The highest BCUT2D eigenvalue weighted by Gasteiger charge is 2.12. The number of ether oxygens (including phenoxy) is 1. The average molecular weight is 206 g/mol. The summed E-state index contributed by atoms with van der Waals surface area (Å²) in [6.45, 7) is 0. The molecule has 0 bridgehead atoms. The zero-order valence-electron chi connectivity index (χ0n) is 8.10. The molecule has 0 aliphatic carbocycles. The third-order valence-electron chi connectivity index (χ3n) is 1.89. The standard InChI is InChI=1S/C9H10N4O2/c1-14-7-3-2-5(10)4-6(7)8-12-13-9(11)15-8/h2-4H,10H2,1H3,(H2,11,13). The Hall–Kier alpha value is -2.24. The lowest BCUT2D eigenvalue weighted by Crippen LogP contribution is -1.91. The monoisotopic (exact) mass is 206 g/mol. The number of benzene rings is 1. The second-order valence-electron chi connectivity index (χ2n) is 2.91. The second kappa shape index (κ2) is 3.49. The summed E-state index contributed by atoms with van der Waals surface area (Å²) in [6, 6.07) is 5.15. The molecule has 1 aromatic carbocycles. The molecular weight excluding hydrogens is 196 g/mol. The molecule has 0 radical (unpaired) electrons. The lowest BCUT2D eigenvalue weighted by Gasteiger charge is -2.05. The van der Waals surface area contributed by atoms with Crippen LogP contribution in [0.4, 0.5) is 11.7 Å². The fourth-order valence-electron chi connectivity index (χ4n) is 1.24. The van der Waals surface area contributed by atoms with Crippen molar-refractivity contribution in [2.45, 2.75) is 0 Å². The molecule has 0 amide bonds. The summed E-state index contributed by atoms with van der Waals surface area (Å²) < 4.78 is 10.2. The van der Waals surface area contributed by atoms with Crippen molar-refractivity contribution in [2.75, 3.05) is 18.6 Å². The van der Waals surface area contributed by atoms with Crippen molar-refractivity contribution in [2.24, 2.45) is 0 Å². The highest BCUT2D eigenvalue weighted by molar-refractivity contribution is 5.67. The number of methoxy groups -OCH3 is 1. The number of nitrogen functional groups attached to an aromatic ring is 2. The molecule has 6 heteroatoms. The SMILES string of the molecule is COc1ccc(N)cc1-c1nnc(N)o1. The van der Waals surface area contributed by atoms with Crippen LogP contribution < -0.4 is 16.2 Å². The molecule has 2 aromatic rings. The van der Waals surface area contributed by atoms with Crippen LogP contribution in [-0.4, -0.2) is 17.3 Å². The quantitative estimate of drug-likeness (QED) is 0.708. The zero-order chi connectivity index (χ0) is 10.8. The van der Waals surface area contributed by atoms with E-state index >= 15 is 0 Å². The molecule has 0 unspecified atom stereocenters. The van der Waals surface area contributed by atoms with Crippen LogP contribution >= 0.6 is 0 Å². The van der Waals surface area contributed by atoms with Crippen LogP contribution in [0.15, 0.2) is 22.6 Å². The van der Waals surface area contributed by atoms with Crippen LogP contribution in [0.5, 0.6) is 5.75 Å². The minimum atomic E-state index is 0.00878. The summed E-state index contributed by atoms with van der Waals surface area (Å²) in [7, 11) is 1.55. The van der Waals surface area contributed by atoms with Gasteiger partial charge in [-0.25, -0.2) is 0 Å². The molecule has 0 fully saturated rings. The summed E-state index contributed by atoms with van der Waals surface area (Å²) in [5.41, 5.74) is 12.2. The first-order valence-corrected chi connectivity index (χ1v) is 4.23. The van der Waals surface area contributed by atoms with Gasteiger partial charge in [-0.15, -0.1) is 5.10 Å². The number of rotatable bonds is 2. The minimum Gasteiger partial charge on any atom is -0.496 e. The molecule has 15 heavy (non-hydrogen) atoms. The van der Waals surface area contributed by atoms with E-state index in [9.17, 15) is 0 Å². The van der Waals surface area contributed by atoms with Crippen molar-refractivity contribution in [3.8, 4) is 17.2 Å². The van der Waals surface area contributed by atoms with Gasteiger partial charge in [0.1, 0.15) is 5.75 Å². The van der Waals surface area contributed by atoms with Crippen LogP contribution in [0, 0.1) is 0 Å². The minimum absolute atomic E-state index is 0.00878. The average Bonchev–Trinajstić information content (AvgIpc) is 2.65. The van der Waals surface area contributed by atoms with Gasteiger partial charge in [-0.3, -0.25) is 0 Å². The highest BCUT2D eigenvalue weighted by atomic mass is 16.5. The van der Waals surface area contributed by atoms with E-state index in [4.69, 9.17) is 20.6 Å². The number of anilines is 2. The maximum atomic E-state index is 5.65. The third kappa shape index (κ3) is 1.69. The van der Waals surface area contributed by atoms with Crippen LogP contribution in [0.2, 0.25) is 0 Å². The van der Waals surface area contributed by atoms with Crippen LogP contribution in [0.3, 0.4) is 0 Å². The van der Waals surface area contributed by atoms with Crippen molar-refractivity contribution < 1.29 is 9.15 Å². The van der Waals surface area contributed by atoms with Crippen LogP contribution in [0.25, 0.3) is 11.5 Å². The Balaban J connectivity index is 2.55. The number of hydrogen-bond donors (Lipinski definition) is 2. The second-order valence-corrected chi connectivity index (χ2v) is 2.91. The van der Waals surface area contributed by atoms with Crippen molar-refractivity contribution in [3.63, 3.8) is 0 Å². The van der Waals surface area contributed by atoms with Crippen molar-refractivity contribution in [1.82, 2.24) is 10.2 Å². The maximum absolute atomic E-state index is 5.65. The normalized spacial score (nSPS) is 10.2. The molecule has 0 saturated carbocycles. The Labute approximate surface area is 85.8 Å². The smallest absolute Gasteiger partial charge is 0.313 e. The van der Waals surface area contributed by atoms with Crippen LogP contribution in [0.1, 0.15) is 0 Å². The summed E-state index contributed by atoms with van der Waals surface area (Å²) in [4.78, 5) is 0. The molecular formula is C9H10N4O2. The van der Waals surface area contributed by atoms with E-state index < -0.39 is 0 Å². The first-order valence-electron chi connectivity index (χ1n) is 4.23. The fourth-order valence-corrected chi connectivity index (χ4v) is 1.24. The van der Waals surface area contributed by atoms with Crippen molar-refractivity contribution in [3.05, 3.63) is 18.2 Å². The van der Waals surface area contributed by atoms with Gasteiger partial charge in [0, 0.05) is 5.69 Å². The molecule has 0 spiro atoms. The first-order chi connectivity index (χ1) is 7.20. The summed E-state index contributed by atoms with van der Waals surface area (Å²) >= 11 is 0. The predicted octanol–water partition coefficient (Wildman–Crippen LogP) is 0.910. The molecule has 2 rings (SSSR count). The molecule has 0 saturated heterocycles. The van der Waals surface area contributed by atoms with Gasteiger partial charge in [-0.05, 0) is 18.2 Å². The Morgan fingerprint density at radius 3 is 2.67 bits per heavy atom. The molecule has 6 nitrogen and oxygen atoms in total. The van der Waals surface area contributed by atoms with Gasteiger partial charge in [-0.2, -0.15) is 0 Å². The van der Waals surface area contributed by atoms with E-state index in [1.165, 1.54) is 0 Å². The zero-order valence-corrected chi connectivity index (χ0v) is 8.10.